The summed E-state index contributed by atoms with van der Waals surface area (Å²) in [6, 6.07) is 13.8. The molecule has 3 aromatic rings. The zero-order chi connectivity index (χ0) is 18.7. The quantitative estimate of drug-likeness (QED) is 0.560. The Morgan fingerprint density at radius 3 is 2.50 bits per heavy atom. The Balaban J connectivity index is 1.97. The molecule has 0 saturated heterocycles. The van der Waals surface area contributed by atoms with Crippen molar-refractivity contribution < 1.29 is 4.79 Å². The first-order valence-electron chi connectivity index (χ1n) is 8.59. The van der Waals surface area contributed by atoms with Gasteiger partial charge in [-0.15, -0.1) is 0 Å². The topological polar surface area (TPSA) is 36.4 Å². The molecule has 0 N–H and O–H groups in total. The van der Waals surface area contributed by atoms with Crippen LogP contribution in [0.1, 0.15) is 22.8 Å². The lowest BCUT2D eigenvalue weighted by atomic mass is 10.2. The smallest absolute Gasteiger partial charge is 0.260 e. The Kier molecular flexibility index (Phi) is 6.06. The molecule has 26 heavy (non-hydrogen) atoms. The van der Waals surface area contributed by atoms with Crippen LogP contribution in [0.15, 0.2) is 46.9 Å². The maximum atomic E-state index is 13.1. The van der Waals surface area contributed by atoms with Crippen molar-refractivity contribution in [1.29, 1.82) is 0 Å². The SMILES string of the molecule is CCc1ccc2nc(N(CCN(C)C)C(=O)c3ccc(Br)cc3)sc2c1. The van der Waals surface area contributed by atoms with Gasteiger partial charge in [-0.05, 0) is 62.5 Å². The summed E-state index contributed by atoms with van der Waals surface area (Å²) in [7, 11) is 4.02. The number of aryl methyl sites for hydroxylation is 1. The van der Waals surface area contributed by atoms with Crippen molar-refractivity contribution >= 4 is 48.5 Å². The molecule has 0 radical (unpaired) electrons. The highest BCUT2D eigenvalue weighted by Crippen LogP contribution is 2.30. The minimum atomic E-state index is -0.0193. The standard InChI is InChI=1S/C20H22BrN3OS/c1-4-14-5-10-17-18(13-14)26-20(22-17)24(12-11-23(2)3)19(25)15-6-8-16(21)9-7-15/h5-10,13H,4,11-12H2,1-3H3. The van der Waals surface area contributed by atoms with Crippen molar-refractivity contribution in [2.24, 2.45) is 0 Å². The van der Waals surface area contributed by atoms with Gasteiger partial charge in [-0.1, -0.05) is 40.3 Å². The lowest BCUT2D eigenvalue weighted by molar-refractivity contribution is 0.0985. The van der Waals surface area contributed by atoms with Crippen molar-refractivity contribution in [1.82, 2.24) is 9.88 Å². The maximum Gasteiger partial charge on any atom is 0.260 e. The summed E-state index contributed by atoms with van der Waals surface area (Å²) in [6.45, 7) is 3.52. The molecule has 0 bridgehead atoms. The molecule has 0 aliphatic heterocycles. The van der Waals surface area contributed by atoms with Crippen LogP contribution in [0.4, 0.5) is 5.13 Å². The van der Waals surface area contributed by atoms with Crippen LogP contribution >= 0.6 is 27.3 Å². The van der Waals surface area contributed by atoms with Gasteiger partial charge in [-0.3, -0.25) is 9.69 Å². The fraction of sp³-hybridized carbons (Fsp3) is 0.300. The molecule has 1 heterocycles. The summed E-state index contributed by atoms with van der Waals surface area (Å²) in [4.78, 5) is 21.7. The van der Waals surface area contributed by atoms with Crippen molar-refractivity contribution in [3.05, 3.63) is 58.1 Å². The van der Waals surface area contributed by atoms with Crippen molar-refractivity contribution in [3.63, 3.8) is 0 Å². The van der Waals surface area contributed by atoms with E-state index in [2.05, 4.69) is 39.9 Å². The van der Waals surface area contributed by atoms with Crippen LogP contribution in [0, 0.1) is 0 Å². The van der Waals surface area contributed by atoms with Gasteiger partial charge in [0.25, 0.3) is 5.91 Å². The van der Waals surface area contributed by atoms with Crippen LogP contribution in [0.3, 0.4) is 0 Å². The number of benzene rings is 2. The fourth-order valence-electron chi connectivity index (χ4n) is 2.62. The van der Waals surface area contributed by atoms with Gasteiger partial charge in [0.15, 0.2) is 5.13 Å². The minimum Gasteiger partial charge on any atom is -0.308 e. The van der Waals surface area contributed by atoms with E-state index in [0.717, 1.165) is 32.8 Å². The molecule has 0 spiro atoms. The largest absolute Gasteiger partial charge is 0.308 e. The molecule has 0 saturated carbocycles. The number of hydrogen-bond acceptors (Lipinski definition) is 4. The highest BCUT2D eigenvalue weighted by Gasteiger charge is 2.21. The summed E-state index contributed by atoms with van der Waals surface area (Å²) >= 11 is 5.00. The van der Waals surface area contributed by atoms with E-state index in [-0.39, 0.29) is 5.91 Å². The number of carbonyl (C=O) groups excluding carboxylic acids is 1. The van der Waals surface area contributed by atoms with Crippen molar-refractivity contribution in [3.8, 4) is 0 Å². The third-order valence-corrected chi connectivity index (χ3v) is 5.76. The van der Waals surface area contributed by atoms with Crippen molar-refractivity contribution in [2.75, 3.05) is 32.1 Å². The number of anilines is 1. The minimum absolute atomic E-state index is 0.0193. The predicted octanol–water partition coefficient (Wildman–Crippen LogP) is 4.83. The van der Waals surface area contributed by atoms with E-state index in [0.29, 0.717) is 12.1 Å². The van der Waals surface area contributed by atoms with E-state index in [9.17, 15) is 4.79 Å². The Morgan fingerprint density at radius 1 is 1.12 bits per heavy atom. The molecule has 2 aromatic carbocycles. The normalized spacial score (nSPS) is 11.3. The Hall–Kier alpha value is -1.76. The highest BCUT2D eigenvalue weighted by molar-refractivity contribution is 9.10. The molecule has 1 aromatic heterocycles. The zero-order valence-corrected chi connectivity index (χ0v) is 17.6. The number of amides is 1. The van der Waals surface area contributed by atoms with Gasteiger partial charge >= 0.3 is 0 Å². The summed E-state index contributed by atoms with van der Waals surface area (Å²) < 4.78 is 2.08. The Labute approximate surface area is 166 Å². The number of aromatic nitrogens is 1. The number of fused-ring (bicyclic) bond motifs is 1. The van der Waals surface area contributed by atoms with E-state index in [4.69, 9.17) is 4.98 Å². The van der Waals surface area contributed by atoms with E-state index < -0.39 is 0 Å². The molecule has 1 amide bonds. The summed E-state index contributed by atoms with van der Waals surface area (Å²) in [5, 5.41) is 0.753. The van der Waals surface area contributed by atoms with Gasteiger partial charge in [-0.25, -0.2) is 4.98 Å². The molecular weight excluding hydrogens is 410 g/mol. The molecule has 136 valence electrons. The number of carbonyl (C=O) groups is 1. The molecule has 0 aliphatic carbocycles. The second-order valence-corrected chi connectivity index (χ2v) is 8.34. The summed E-state index contributed by atoms with van der Waals surface area (Å²) in [5.41, 5.74) is 2.90. The van der Waals surface area contributed by atoms with Crippen molar-refractivity contribution in [2.45, 2.75) is 13.3 Å². The second kappa shape index (κ2) is 8.29. The van der Waals surface area contributed by atoms with Gasteiger partial charge < -0.3 is 4.90 Å². The van der Waals surface area contributed by atoms with Gasteiger partial charge in [0.05, 0.1) is 10.2 Å². The van der Waals surface area contributed by atoms with Crippen LogP contribution in [0.5, 0.6) is 0 Å². The average Bonchev–Trinajstić information content (AvgIpc) is 3.04. The first-order chi connectivity index (χ1) is 12.5. The Bertz CT molecular complexity index is 905. The van der Waals surface area contributed by atoms with Crippen LogP contribution in [-0.2, 0) is 6.42 Å². The third kappa shape index (κ3) is 4.31. The van der Waals surface area contributed by atoms with Crippen LogP contribution in [-0.4, -0.2) is 43.0 Å². The van der Waals surface area contributed by atoms with E-state index in [1.54, 1.807) is 16.2 Å². The summed E-state index contributed by atoms with van der Waals surface area (Å²) in [6.07, 6.45) is 0.991. The molecule has 3 rings (SSSR count). The number of rotatable bonds is 6. The molecule has 0 unspecified atom stereocenters. The van der Waals surface area contributed by atoms with E-state index >= 15 is 0 Å². The maximum absolute atomic E-state index is 13.1. The van der Waals surface area contributed by atoms with Gasteiger partial charge in [-0.2, -0.15) is 0 Å². The lowest BCUT2D eigenvalue weighted by Crippen LogP contribution is -2.36. The van der Waals surface area contributed by atoms with Crippen LogP contribution in [0.25, 0.3) is 10.2 Å². The number of likely N-dealkylation sites (N-methyl/N-ethyl adjacent to an activating group) is 1. The van der Waals surface area contributed by atoms with E-state index in [1.165, 1.54) is 5.56 Å². The highest BCUT2D eigenvalue weighted by atomic mass is 79.9. The van der Waals surface area contributed by atoms with Gasteiger partial charge in [0, 0.05) is 23.1 Å². The molecule has 6 heteroatoms. The number of hydrogen-bond donors (Lipinski definition) is 0. The molecule has 4 nitrogen and oxygen atoms in total. The fourth-order valence-corrected chi connectivity index (χ4v) is 3.94. The average molecular weight is 432 g/mol. The van der Waals surface area contributed by atoms with Gasteiger partial charge in [0.1, 0.15) is 0 Å². The molecule has 0 atom stereocenters. The predicted molar refractivity (Wildman–Crippen MR) is 113 cm³/mol. The molecular formula is C20H22BrN3OS. The summed E-state index contributed by atoms with van der Waals surface area (Å²) in [5.74, 6) is -0.0193. The molecule has 0 fully saturated rings. The van der Waals surface area contributed by atoms with Crippen LogP contribution in [0.2, 0.25) is 0 Å². The van der Waals surface area contributed by atoms with Crippen LogP contribution < -0.4 is 4.90 Å². The second-order valence-electron chi connectivity index (χ2n) is 6.42. The number of thiazole rings is 1. The lowest BCUT2D eigenvalue weighted by Gasteiger charge is -2.22. The number of halogens is 1. The molecule has 0 aliphatic rings. The number of nitrogens with zero attached hydrogens (tertiary/aromatic N) is 3. The monoisotopic (exact) mass is 431 g/mol. The zero-order valence-electron chi connectivity index (χ0n) is 15.2. The van der Waals surface area contributed by atoms with Gasteiger partial charge in [0.2, 0.25) is 0 Å². The first-order valence-corrected chi connectivity index (χ1v) is 10.2. The first kappa shape index (κ1) is 19.0. The third-order valence-electron chi connectivity index (χ3n) is 4.19. The Morgan fingerprint density at radius 2 is 1.85 bits per heavy atom. The van der Waals surface area contributed by atoms with E-state index in [1.807, 2.05) is 44.4 Å².